The first kappa shape index (κ1) is 13.8. The van der Waals surface area contributed by atoms with Gasteiger partial charge < -0.3 is 11.1 Å². The number of nitrogens with one attached hydrogen (secondary N) is 2. The number of benzene rings is 1. The van der Waals surface area contributed by atoms with E-state index in [2.05, 4.69) is 15.3 Å². The van der Waals surface area contributed by atoms with Gasteiger partial charge in [0.25, 0.3) is 5.56 Å². The third-order valence-electron chi connectivity index (χ3n) is 3.51. The molecule has 0 spiro atoms. The van der Waals surface area contributed by atoms with Crippen molar-refractivity contribution in [1.82, 2.24) is 9.97 Å². The molecule has 3 rings (SSSR count). The first-order valence-electron chi connectivity index (χ1n) is 6.37. The molecule has 0 unspecified atom stereocenters. The van der Waals surface area contributed by atoms with Crippen molar-refractivity contribution < 1.29 is 9.18 Å². The smallest absolute Gasteiger partial charge is 0.258 e. The van der Waals surface area contributed by atoms with Gasteiger partial charge in [0, 0.05) is 5.92 Å². The molecule has 4 N–H and O–H groups in total. The van der Waals surface area contributed by atoms with Gasteiger partial charge in [-0.1, -0.05) is 12.1 Å². The van der Waals surface area contributed by atoms with E-state index in [-0.39, 0.29) is 17.3 Å². The lowest BCUT2D eigenvalue weighted by Crippen LogP contribution is -2.38. The first-order chi connectivity index (χ1) is 10.5. The second-order valence-electron chi connectivity index (χ2n) is 4.84. The molecular formula is C14H10FN5O2. The minimum absolute atomic E-state index is 0.0204. The van der Waals surface area contributed by atoms with Crippen LogP contribution in [0.2, 0.25) is 0 Å². The number of nitrogens with two attached hydrogens (primary N) is 1. The summed E-state index contributed by atoms with van der Waals surface area (Å²) in [5.41, 5.74) is 5.53. The number of nitrogens with zero attached hydrogens (tertiary/aromatic N) is 2. The second kappa shape index (κ2) is 4.96. The van der Waals surface area contributed by atoms with Crippen LogP contribution in [0, 0.1) is 23.1 Å². The summed E-state index contributed by atoms with van der Waals surface area (Å²) < 4.78 is 13.1. The molecule has 1 aromatic carbocycles. The van der Waals surface area contributed by atoms with Gasteiger partial charge in [-0.25, -0.2) is 4.39 Å². The number of carbonyl (C=O) groups excluding carboxylic acids is 1. The molecule has 0 saturated carbocycles. The normalized spacial score (nSPS) is 19.9. The summed E-state index contributed by atoms with van der Waals surface area (Å²) >= 11 is 0. The average Bonchev–Trinajstić information content (AvgIpc) is 2.46. The summed E-state index contributed by atoms with van der Waals surface area (Å²) in [5, 5.41) is 11.7. The maximum Gasteiger partial charge on any atom is 0.258 e. The monoisotopic (exact) mass is 299 g/mol. The zero-order chi connectivity index (χ0) is 15.9. The SMILES string of the molecule is N#C[C@@H]1C(=O)Nc2nc(N)[nH]c(=O)c2[C@H]1c1ccc(F)cc1. The summed E-state index contributed by atoms with van der Waals surface area (Å²) in [6, 6.07) is 7.15. The van der Waals surface area contributed by atoms with Crippen LogP contribution in [0.4, 0.5) is 16.2 Å². The largest absolute Gasteiger partial charge is 0.369 e. The van der Waals surface area contributed by atoms with Crippen LogP contribution >= 0.6 is 0 Å². The highest BCUT2D eigenvalue weighted by molar-refractivity contribution is 5.97. The molecule has 2 atom stereocenters. The van der Waals surface area contributed by atoms with Crippen molar-refractivity contribution in [3.63, 3.8) is 0 Å². The van der Waals surface area contributed by atoms with Crippen LogP contribution in [-0.4, -0.2) is 15.9 Å². The summed E-state index contributed by atoms with van der Waals surface area (Å²) in [6.45, 7) is 0. The predicted molar refractivity (Wildman–Crippen MR) is 75.2 cm³/mol. The van der Waals surface area contributed by atoms with Gasteiger partial charge in [0.05, 0.1) is 11.6 Å². The third-order valence-corrected chi connectivity index (χ3v) is 3.51. The quantitative estimate of drug-likeness (QED) is 0.715. The van der Waals surface area contributed by atoms with E-state index in [9.17, 15) is 19.2 Å². The fourth-order valence-corrected chi connectivity index (χ4v) is 2.56. The molecule has 0 aliphatic carbocycles. The minimum atomic E-state index is -1.12. The van der Waals surface area contributed by atoms with E-state index in [1.54, 1.807) is 0 Å². The summed E-state index contributed by atoms with van der Waals surface area (Å²) in [6.07, 6.45) is 0. The molecule has 0 radical (unpaired) electrons. The molecule has 0 fully saturated rings. The lowest BCUT2D eigenvalue weighted by Gasteiger charge is -2.28. The van der Waals surface area contributed by atoms with E-state index >= 15 is 0 Å². The Morgan fingerprint density at radius 3 is 2.59 bits per heavy atom. The third kappa shape index (κ3) is 2.09. The van der Waals surface area contributed by atoms with Crippen molar-refractivity contribution in [3.8, 4) is 6.07 Å². The van der Waals surface area contributed by atoms with E-state index in [1.807, 2.05) is 6.07 Å². The number of hydrogen-bond acceptors (Lipinski definition) is 5. The molecule has 7 nitrogen and oxygen atoms in total. The average molecular weight is 299 g/mol. The van der Waals surface area contributed by atoms with Crippen molar-refractivity contribution in [2.75, 3.05) is 11.1 Å². The molecule has 2 aromatic rings. The first-order valence-corrected chi connectivity index (χ1v) is 6.37. The number of rotatable bonds is 1. The lowest BCUT2D eigenvalue weighted by molar-refractivity contribution is -0.119. The highest BCUT2D eigenvalue weighted by atomic mass is 19.1. The van der Waals surface area contributed by atoms with E-state index in [4.69, 9.17) is 5.73 Å². The van der Waals surface area contributed by atoms with E-state index in [0.717, 1.165) is 0 Å². The van der Waals surface area contributed by atoms with Gasteiger partial charge in [-0.05, 0) is 17.7 Å². The van der Waals surface area contributed by atoms with E-state index in [1.165, 1.54) is 24.3 Å². The highest BCUT2D eigenvalue weighted by Gasteiger charge is 2.40. The number of nitrogen functional groups attached to an aromatic ring is 1. The zero-order valence-electron chi connectivity index (χ0n) is 11.1. The minimum Gasteiger partial charge on any atom is -0.369 e. The van der Waals surface area contributed by atoms with Crippen molar-refractivity contribution in [2.24, 2.45) is 5.92 Å². The van der Waals surface area contributed by atoms with Crippen LogP contribution in [-0.2, 0) is 4.79 Å². The number of anilines is 2. The van der Waals surface area contributed by atoms with Gasteiger partial charge in [-0.3, -0.25) is 14.6 Å². The number of fused-ring (bicyclic) bond motifs is 1. The Balaban J connectivity index is 2.26. The van der Waals surface area contributed by atoms with Gasteiger partial charge in [0.2, 0.25) is 11.9 Å². The molecule has 2 heterocycles. The highest BCUT2D eigenvalue weighted by Crippen LogP contribution is 2.37. The Morgan fingerprint density at radius 1 is 1.27 bits per heavy atom. The molecule has 1 aliphatic rings. The van der Waals surface area contributed by atoms with Gasteiger partial charge >= 0.3 is 0 Å². The number of halogens is 1. The molecular weight excluding hydrogens is 289 g/mol. The van der Waals surface area contributed by atoms with Gasteiger partial charge in [0.1, 0.15) is 17.6 Å². The molecule has 1 aliphatic heterocycles. The van der Waals surface area contributed by atoms with Crippen LogP contribution in [0.1, 0.15) is 17.0 Å². The van der Waals surface area contributed by atoms with Crippen LogP contribution in [0.5, 0.6) is 0 Å². The fraction of sp³-hybridized carbons (Fsp3) is 0.143. The van der Waals surface area contributed by atoms with Gasteiger partial charge in [-0.15, -0.1) is 0 Å². The molecule has 110 valence electrons. The Kier molecular flexibility index (Phi) is 3.10. The number of H-pyrrole nitrogens is 1. The number of nitriles is 1. The van der Waals surface area contributed by atoms with E-state index < -0.39 is 29.1 Å². The Hall–Kier alpha value is -3.21. The lowest BCUT2D eigenvalue weighted by atomic mass is 9.79. The van der Waals surface area contributed by atoms with Crippen molar-refractivity contribution in [1.29, 1.82) is 5.26 Å². The number of amides is 1. The molecule has 22 heavy (non-hydrogen) atoms. The molecule has 8 heteroatoms. The van der Waals surface area contributed by atoms with Crippen LogP contribution in [0.3, 0.4) is 0 Å². The number of aromatic amines is 1. The predicted octanol–water partition coefficient (Wildman–Crippen LogP) is 0.715. The van der Waals surface area contributed by atoms with Crippen molar-refractivity contribution in [2.45, 2.75) is 5.92 Å². The van der Waals surface area contributed by atoms with Gasteiger partial charge in [-0.2, -0.15) is 10.2 Å². The van der Waals surface area contributed by atoms with Gasteiger partial charge in [0.15, 0.2) is 0 Å². The fourth-order valence-electron chi connectivity index (χ4n) is 2.56. The Morgan fingerprint density at radius 2 is 1.95 bits per heavy atom. The summed E-state index contributed by atoms with van der Waals surface area (Å²) in [5.74, 6) is -3.12. The molecule has 0 saturated heterocycles. The van der Waals surface area contributed by atoms with Crippen LogP contribution in [0.15, 0.2) is 29.1 Å². The number of carbonyl (C=O) groups is 1. The van der Waals surface area contributed by atoms with E-state index in [0.29, 0.717) is 5.56 Å². The molecule has 1 amide bonds. The Labute approximate surface area is 123 Å². The maximum absolute atomic E-state index is 13.1. The van der Waals surface area contributed by atoms with Crippen LogP contribution < -0.4 is 16.6 Å². The Bertz CT molecular complexity index is 853. The topological polar surface area (TPSA) is 125 Å². The standard InChI is InChI=1S/C14H10FN5O2/c15-7-3-1-6(2-4-7)9-8(5-16)12(21)18-11-10(9)13(22)20-14(17)19-11/h1-4,8-9H,(H4,17,18,19,20,21,22)/t8-,9-/m0/s1. The zero-order valence-corrected chi connectivity index (χ0v) is 11.1. The number of hydrogen-bond donors (Lipinski definition) is 3. The van der Waals surface area contributed by atoms with Crippen LogP contribution in [0.25, 0.3) is 0 Å². The molecule has 0 bridgehead atoms. The maximum atomic E-state index is 13.1. The van der Waals surface area contributed by atoms with Crippen molar-refractivity contribution in [3.05, 3.63) is 51.6 Å². The number of aromatic nitrogens is 2. The molecule has 1 aromatic heterocycles. The summed E-state index contributed by atoms with van der Waals surface area (Å²) in [4.78, 5) is 30.5. The second-order valence-corrected chi connectivity index (χ2v) is 4.84. The van der Waals surface area contributed by atoms with Crippen molar-refractivity contribution >= 4 is 17.7 Å². The summed E-state index contributed by atoms with van der Waals surface area (Å²) in [7, 11) is 0.